The van der Waals surface area contributed by atoms with Gasteiger partial charge in [-0.05, 0) is 43.2 Å². The van der Waals surface area contributed by atoms with Crippen LogP contribution < -0.4 is 5.69 Å². The standard InChI is InChI=1S/C20H23FN4O2/c21-17-4-2-1-3-14(17)9-19(26)25-15-7-8-16(25)12-23-18(10-15)22-24(20(23)27)11-13-5-6-13/h1-4,13,15-16H,5-12H2. The van der Waals surface area contributed by atoms with Crippen LogP contribution >= 0.6 is 0 Å². The number of benzene rings is 1. The zero-order valence-corrected chi connectivity index (χ0v) is 15.2. The number of carbonyl (C=O) groups excluding carboxylic acids is 1. The summed E-state index contributed by atoms with van der Waals surface area (Å²) >= 11 is 0. The van der Waals surface area contributed by atoms with E-state index in [1.165, 1.54) is 18.9 Å². The molecule has 2 bridgehead atoms. The van der Waals surface area contributed by atoms with Crippen molar-refractivity contribution in [3.8, 4) is 0 Å². The summed E-state index contributed by atoms with van der Waals surface area (Å²) in [6, 6.07) is 6.47. The zero-order valence-electron chi connectivity index (χ0n) is 15.2. The summed E-state index contributed by atoms with van der Waals surface area (Å²) < 4.78 is 17.3. The first-order chi connectivity index (χ1) is 13.1. The van der Waals surface area contributed by atoms with E-state index in [4.69, 9.17) is 0 Å². The highest BCUT2D eigenvalue weighted by atomic mass is 19.1. The smallest absolute Gasteiger partial charge is 0.334 e. The fourth-order valence-corrected chi connectivity index (χ4v) is 4.55. The maximum atomic E-state index is 14.0. The van der Waals surface area contributed by atoms with Crippen molar-refractivity contribution in [1.29, 1.82) is 0 Å². The van der Waals surface area contributed by atoms with Gasteiger partial charge < -0.3 is 4.90 Å². The second-order valence-corrected chi connectivity index (χ2v) is 8.09. The van der Waals surface area contributed by atoms with Crippen LogP contribution in [0.2, 0.25) is 0 Å². The Labute approximate surface area is 156 Å². The van der Waals surface area contributed by atoms with Crippen molar-refractivity contribution in [2.75, 3.05) is 0 Å². The van der Waals surface area contributed by atoms with Crippen molar-refractivity contribution in [3.63, 3.8) is 0 Å². The molecule has 3 aliphatic rings. The Morgan fingerprint density at radius 1 is 1.15 bits per heavy atom. The van der Waals surface area contributed by atoms with E-state index in [9.17, 15) is 14.0 Å². The monoisotopic (exact) mass is 370 g/mol. The molecule has 0 radical (unpaired) electrons. The topological polar surface area (TPSA) is 60.1 Å². The van der Waals surface area contributed by atoms with Crippen LogP contribution in [0, 0.1) is 11.7 Å². The summed E-state index contributed by atoms with van der Waals surface area (Å²) in [5, 5.41) is 4.57. The molecule has 2 fully saturated rings. The van der Waals surface area contributed by atoms with Crippen LogP contribution in [0.4, 0.5) is 4.39 Å². The van der Waals surface area contributed by atoms with E-state index in [1.54, 1.807) is 27.4 Å². The van der Waals surface area contributed by atoms with Crippen LogP contribution in [-0.2, 0) is 30.7 Å². The second kappa shape index (κ2) is 6.32. The molecule has 0 N–H and O–H groups in total. The molecular weight excluding hydrogens is 347 g/mol. The molecule has 2 atom stereocenters. The number of halogens is 1. The summed E-state index contributed by atoms with van der Waals surface area (Å²) in [7, 11) is 0. The predicted molar refractivity (Wildman–Crippen MR) is 96.7 cm³/mol. The maximum absolute atomic E-state index is 14.0. The molecule has 3 heterocycles. The average Bonchev–Trinajstić information content (AvgIpc) is 3.33. The van der Waals surface area contributed by atoms with Crippen molar-refractivity contribution >= 4 is 5.91 Å². The molecule has 7 heteroatoms. The van der Waals surface area contributed by atoms with Crippen molar-refractivity contribution in [2.24, 2.45) is 5.92 Å². The van der Waals surface area contributed by atoms with Crippen LogP contribution in [-0.4, -0.2) is 37.2 Å². The van der Waals surface area contributed by atoms with E-state index in [0.717, 1.165) is 18.7 Å². The van der Waals surface area contributed by atoms with Gasteiger partial charge in [0.25, 0.3) is 0 Å². The molecular formula is C20H23FN4O2. The fourth-order valence-electron chi connectivity index (χ4n) is 4.55. The third-order valence-corrected chi connectivity index (χ3v) is 6.15. The molecule has 1 aliphatic carbocycles. The minimum atomic E-state index is -0.344. The van der Waals surface area contributed by atoms with Crippen LogP contribution in [0.15, 0.2) is 29.1 Å². The van der Waals surface area contributed by atoms with Crippen molar-refractivity contribution in [2.45, 2.75) is 63.7 Å². The van der Waals surface area contributed by atoms with E-state index >= 15 is 0 Å². The molecule has 6 nitrogen and oxygen atoms in total. The van der Waals surface area contributed by atoms with Gasteiger partial charge in [0.05, 0.1) is 12.5 Å². The molecule has 2 aliphatic heterocycles. The van der Waals surface area contributed by atoms with Crippen LogP contribution in [0.3, 0.4) is 0 Å². The third-order valence-electron chi connectivity index (χ3n) is 6.15. The Balaban J connectivity index is 1.38. The van der Waals surface area contributed by atoms with E-state index < -0.39 is 0 Å². The first-order valence-electron chi connectivity index (χ1n) is 9.81. The van der Waals surface area contributed by atoms with Gasteiger partial charge in [0.1, 0.15) is 11.6 Å². The van der Waals surface area contributed by atoms with Gasteiger partial charge in [0.15, 0.2) is 0 Å². The zero-order chi connectivity index (χ0) is 18.5. The lowest BCUT2D eigenvalue weighted by atomic mass is 10.1. The van der Waals surface area contributed by atoms with Crippen molar-refractivity contribution in [3.05, 3.63) is 52.0 Å². The number of hydrogen-bond donors (Lipinski definition) is 0. The van der Waals surface area contributed by atoms with Gasteiger partial charge >= 0.3 is 5.69 Å². The first-order valence-corrected chi connectivity index (χ1v) is 9.81. The minimum Gasteiger partial charge on any atom is -0.334 e. The lowest BCUT2D eigenvalue weighted by molar-refractivity contribution is -0.133. The van der Waals surface area contributed by atoms with E-state index in [2.05, 4.69) is 5.10 Å². The Bertz CT molecular complexity index is 946. The van der Waals surface area contributed by atoms with Gasteiger partial charge in [-0.15, -0.1) is 0 Å². The normalized spacial score (nSPS) is 24.0. The van der Waals surface area contributed by atoms with Gasteiger partial charge in [-0.3, -0.25) is 9.36 Å². The number of hydrogen-bond acceptors (Lipinski definition) is 3. The number of fused-ring (bicyclic) bond motifs is 3. The molecule has 2 aromatic rings. The molecule has 1 aromatic heterocycles. The highest BCUT2D eigenvalue weighted by molar-refractivity contribution is 5.80. The summed E-state index contributed by atoms with van der Waals surface area (Å²) in [5.41, 5.74) is 0.377. The van der Waals surface area contributed by atoms with Gasteiger partial charge in [-0.1, -0.05) is 18.2 Å². The van der Waals surface area contributed by atoms with E-state index in [0.29, 0.717) is 31.0 Å². The fraction of sp³-hybridized carbons (Fsp3) is 0.550. The lowest BCUT2D eigenvalue weighted by Crippen LogP contribution is -2.43. The molecule has 2 unspecified atom stereocenters. The van der Waals surface area contributed by atoms with E-state index in [1.807, 2.05) is 4.90 Å². The summed E-state index contributed by atoms with van der Waals surface area (Å²) in [6.07, 6.45) is 4.82. The first kappa shape index (κ1) is 16.7. The maximum Gasteiger partial charge on any atom is 0.345 e. The Morgan fingerprint density at radius 3 is 2.70 bits per heavy atom. The highest BCUT2D eigenvalue weighted by Crippen LogP contribution is 2.32. The lowest BCUT2D eigenvalue weighted by Gasteiger charge is -2.28. The molecule has 5 rings (SSSR count). The minimum absolute atomic E-state index is 0.00759. The van der Waals surface area contributed by atoms with Gasteiger partial charge in [0.2, 0.25) is 5.91 Å². The van der Waals surface area contributed by atoms with Crippen molar-refractivity contribution in [1.82, 2.24) is 19.2 Å². The SMILES string of the molecule is O=C(Cc1ccccc1F)N1C2CCC1Cn1c(nn(CC3CC3)c1=O)C2. The number of rotatable bonds is 4. The third kappa shape index (κ3) is 2.99. The van der Waals surface area contributed by atoms with Crippen LogP contribution in [0.5, 0.6) is 0 Å². The summed E-state index contributed by atoms with van der Waals surface area (Å²) in [6.45, 7) is 1.21. The molecule has 1 saturated heterocycles. The molecule has 1 amide bonds. The average molecular weight is 370 g/mol. The molecule has 0 spiro atoms. The second-order valence-electron chi connectivity index (χ2n) is 8.09. The summed E-state index contributed by atoms with van der Waals surface area (Å²) in [4.78, 5) is 27.6. The van der Waals surface area contributed by atoms with Crippen LogP contribution in [0.1, 0.15) is 37.1 Å². The number of nitrogens with zero attached hydrogens (tertiary/aromatic N) is 4. The molecule has 1 aromatic carbocycles. The predicted octanol–water partition coefficient (Wildman–Crippen LogP) is 1.75. The van der Waals surface area contributed by atoms with Gasteiger partial charge in [-0.25, -0.2) is 13.9 Å². The molecule has 27 heavy (non-hydrogen) atoms. The van der Waals surface area contributed by atoms with Gasteiger partial charge in [-0.2, -0.15) is 5.10 Å². The number of aromatic nitrogens is 3. The summed E-state index contributed by atoms with van der Waals surface area (Å²) in [5.74, 6) is 0.981. The number of carbonyl (C=O) groups is 1. The molecule has 142 valence electrons. The Kier molecular flexibility index (Phi) is 3.91. The molecule has 1 saturated carbocycles. The Morgan fingerprint density at radius 2 is 1.93 bits per heavy atom. The number of amides is 1. The van der Waals surface area contributed by atoms with Crippen LogP contribution in [0.25, 0.3) is 0 Å². The quantitative estimate of drug-likeness (QED) is 0.824. The van der Waals surface area contributed by atoms with Gasteiger partial charge in [0, 0.05) is 25.6 Å². The van der Waals surface area contributed by atoms with Crippen molar-refractivity contribution < 1.29 is 9.18 Å². The largest absolute Gasteiger partial charge is 0.345 e. The highest BCUT2D eigenvalue weighted by Gasteiger charge is 2.41. The Hall–Kier alpha value is -2.44. The van der Waals surface area contributed by atoms with E-state index in [-0.39, 0.29) is 35.9 Å².